The standard InChI is InChI=1S/C8H14BFN2O/c1-9(13)12-4-5-2-3-6(12)7(10)8(5)11/h5-7,11,13H,2-4H2,1H3/t5?,6?,7-/m0/s1. The summed E-state index contributed by atoms with van der Waals surface area (Å²) in [5.74, 6) is 0.0367. The number of alkyl halides is 1. The lowest BCUT2D eigenvalue weighted by atomic mass is 9.69. The van der Waals surface area contributed by atoms with Gasteiger partial charge < -0.3 is 15.2 Å². The van der Waals surface area contributed by atoms with Crippen molar-refractivity contribution in [2.45, 2.75) is 31.9 Å². The second-order valence-electron chi connectivity index (χ2n) is 4.03. The smallest absolute Gasteiger partial charge is 0.376 e. The van der Waals surface area contributed by atoms with Gasteiger partial charge in [0.15, 0.2) is 6.17 Å². The van der Waals surface area contributed by atoms with Crippen LogP contribution < -0.4 is 0 Å². The van der Waals surface area contributed by atoms with Crippen molar-refractivity contribution in [2.24, 2.45) is 5.92 Å². The van der Waals surface area contributed by atoms with E-state index in [9.17, 15) is 9.41 Å². The molecule has 0 aromatic heterocycles. The number of hydrogen-bond acceptors (Lipinski definition) is 3. The third-order valence-electron chi connectivity index (χ3n) is 3.22. The Morgan fingerprint density at radius 3 is 2.85 bits per heavy atom. The summed E-state index contributed by atoms with van der Waals surface area (Å²) in [7, 11) is -0.584. The maximum absolute atomic E-state index is 13.5. The molecule has 3 aliphatic rings. The second kappa shape index (κ2) is 3.06. The molecule has 0 radical (unpaired) electrons. The van der Waals surface area contributed by atoms with E-state index >= 15 is 0 Å². The number of nitrogens with one attached hydrogen (secondary N) is 1. The van der Waals surface area contributed by atoms with Gasteiger partial charge in [0.05, 0.1) is 0 Å². The van der Waals surface area contributed by atoms with Gasteiger partial charge in [-0.15, -0.1) is 0 Å². The third kappa shape index (κ3) is 1.30. The Labute approximate surface area is 77.6 Å². The molecule has 2 unspecified atom stereocenters. The van der Waals surface area contributed by atoms with E-state index < -0.39 is 13.2 Å². The zero-order valence-corrected chi connectivity index (χ0v) is 7.70. The molecule has 3 atom stereocenters. The summed E-state index contributed by atoms with van der Waals surface area (Å²) in [6.45, 7) is 2.32. The summed E-state index contributed by atoms with van der Waals surface area (Å²) >= 11 is 0. The molecule has 0 spiro atoms. The van der Waals surface area contributed by atoms with Gasteiger partial charge in [-0.05, 0) is 26.2 Å². The molecule has 3 nitrogen and oxygen atoms in total. The van der Waals surface area contributed by atoms with E-state index in [4.69, 9.17) is 5.41 Å². The van der Waals surface area contributed by atoms with Crippen LogP contribution in [-0.4, -0.2) is 41.4 Å². The largest absolute Gasteiger partial charge is 0.437 e. The first-order valence-electron chi connectivity index (χ1n) is 4.77. The van der Waals surface area contributed by atoms with Crippen LogP contribution in [0, 0.1) is 11.3 Å². The molecular formula is C8H14BFN2O. The number of rotatable bonds is 1. The molecule has 5 heteroatoms. The molecule has 0 amide bonds. The molecule has 2 saturated heterocycles. The summed E-state index contributed by atoms with van der Waals surface area (Å²) in [5, 5.41) is 16.9. The summed E-state index contributed by atoms with van der Waals surface area (Å²) in [4.78, 5) is 1.77. The Hall–Kier alpha value is -0.415. The first kappa shape index (κ1) is 9.15. The van der Waals surface area contributed by atoms with Gasteiger partial charge in [0, 0.05) is 17.7 Å². The molecule has 1 saturated carbocycles. The molecular weight excluding hydrogens is 170 g/mol. The van der Waals surface area contributed by atoms with Gasteiger partial charge in [0.2, 0.25) is 0 Å². The normalized spacial score (nSPS) is 39.6. The number of fused-ring (bicyclic) bond motifs is 3. The topological polar surface area (TPSA) is 47.3 Å². The Balaban J connectivity index is 2.18. The Morgan fingerprint density at radius 2 is 2.31 bits per heavy atom. The van der Waals surface area contributed by atoms with Gasteiger partial charge in [-0.3, -0.25) is 0 Å². The van der Waals surface area contributed by atoms with E-state index in [2.05, 4.69) is 0 Å². The maximum atomic E-state index is 13.5. The molecule has 2 aliphatic heterocycles. The van der Waals surface area contributed by atoms with Crippen molar-refractivity contribution in [1.82, 2.24) is 4.81 Å². The van der Waals surface area contributed by atoms with E-state index in [1.54, 1.807) is 11.6 Å². The molecule has 2 N–H and O–H groups in total. The summed E-state index contributed by atoms with van der Waals surface area (Å²) in [6.07, 6.45) is 0.536. The van der Waals surface area contributed by atoms with Crippen molar-refractivity contribution >= 4 is 12.8 Å². The van der Waals surface area contributed by atoms with Gasteiger partial charge in [-0.2, -0.15) is 0 Å². The second-order valence-corrected chi connectivity index (χ2v) is 4.03. The average Bonchev–Trinajstić information content (AvgIpc) is 2.12. The predicted octanol–water partition coefficient (Wildman–Crippen LogP) is 0.549. The van der Waals surface area contributed by atoms with Crippen LogP contribution in [-0.2, 0) is 0 Å². The van der Waals surface area contributed by atoms with Crippen LogP contribution >= 0.6 is 0 Å². The third-order valence-corrected chi connectivity index (χ3v) is 3.22. The molecule has 3 rings (SSSR count). The molecule has 1 aliphatic carbocycles. The number of nitrogens with zero attached hydrogens (tertiary/aromatic N) is 1. The van der Waals surface area contributed by atoms with Gasteiger partial charge in [0.1, 0.15) is 0 Å². The van der Waals surface area contributed by atoms with Gasteiger partial charge >= 0.3 is 7.05 Å². The fourth-order valence-corrected chi connectivity index (χ4v) is 2.45. The summed E-state index contributed by atoms with van der Waals surface area (Å²) in [5.41, 5.74) is 0.244. The van der Waals surface area contributed by atoms with Crippen molar-refractivity contribution in [3.63, 3.8) is 0 Å². The van der Waals surface area contributed by atoms with E-state index in [1.807, 2.05) is 0 Å². The summed E-state index contributed by atoms with van der Waals surface area (Å²) < 4.78 is 13.5. The van der Waals surface area contributed by atoms with Gasteiger partial charge in [0.25, 0.3) is 0 Å². The van der Waals surface area contributed by atoms with Crippen LogP contribution in [0.3, 0.4) is 0 Å². The fraction of sp³-hybridized carbons (Fsp3) is 0.875. The molecule has 3 fully saturated rings. The number of hydrogen-bond donors (Lipinski definition) is 2. The van der Waals surface area contributed by atoms with Crippen molar-refractivity contribution in [3.05, 3.63) is 0 Å². The van der Waals surface area contributed by atoms with E-state index in [-0.39, 0.29) is 17.7 Å². The highest BCUT2D eigenvalue weighted by atomic mass is 19.1. The molecule has 13 heavy (non-hydrogen) atoms. The highest BCUT2D eigenvalue weighted by Crippen LogP contribution is 2.34. The van der Waals surface area contributed by atoms with Crippen LogP contribution in [0.5, 0.6) is 0 Å². The van der Waals surface area contributed by atoms with E-state index in [0.29, 0.717) is 6.54 Å². The Morgan fingerprint density at radius 1 is 1.62 bits per heavy atom. The fourth-order valence-electron chi connectivity index (χ4n) is 2.45. The van der Waals surface area contributed by atoms with Gasteiger partial charge in [-0.25, -0.2) is 4.39 Å². The van der Waals surface area contributed by atoms with Crippen molar-refractivity contribution in [1.29, 1.82) is 5.41 Å². The highest BCUT2D eigenvalue weighted by Gasteiger charge is 2.46. The SMILES string of the molecule is CB(O)N1CC2CCC1[C@H](F)C2=N. The van der Waals surface area contributed by atoms with Crippen molar-refractivity contribution in [2.75, 3.05) is 6.54 Å². The maximum Gasteiger partial charge on any atom is 0.376 e. The van der Waals surface area contributed by atoms with Crippen molar-refractivity contribution < 1.29 is 9.41 Å². The van der Waals surface area contributed by atoms with Crippen LogP contribution in [0.2, 0.25) is 6.82 Å². The number of halogens is 1. The minimum atomic E-state index is -1.15. The van der Waals surface area contributed by atoms with E-state index in [0.717, 1.165) is 12.8 Å². The van der Waals surface area contributed by atoms with Crippen LogP contribution in [0.15, 0.2) is 0 Å². The Bertz CT molecular complexity index is 232. The van der Waals surface area contributed by atoms with Crippen LogP contribution in [0.1, 0.15) is 12.8 Å². The molecule has 72 valence electrons. The van der Waals surface area contributed by atoms with Gasteiger partial charge in [-0.1, -0.05) is 0 Å². The highest BCUT2D eigenvalue weighted by molar-refractivity contribution is 6.45. The molecule has 2 heterocycles. The molecule has 0 aromatic carbocycles. The zero-order chi connectivity index (χ0) is 9.59. The lowest BCUT2D eigenvalue weighted by Crippen LogP contribution is -2.62. The quantitative estimate of drug-likeness (QED) is 0.584. The Kier molecular flexibility index (Phi) is 2.16. The minimum Gasteiger partial charge on any atom is -0.437 e. The summed E-state index contributed by atoms with van der Waals surface area (Å²) in [6, 6.07) is -0.252. The predicted molar refractivity (Wildman–Crippen MR) is 49.7 cm³/mol. The molecule has 2 bridgehead atoms. The van der Waals surface area contributed by atoms with Crippen molar-refractivity contribution in [3.8, 4) is 0 Å². The lowest BCUT2D eigenvalue weighted by molar-refractivity contribution is 0.112. The van der Waals surface area contributed by atoms with E-state index in [1.165, 1.54) is 0 Å². The average molecular weight is 184 g/mol. The minimum absolute atomic E-state index is 0.0367. The first-order chi connectivity index (χ1) is 6.11. The van der Waals surface area contributed by atoms with Crippen LogP contribution in [0.25, 0.3) is 0 Å². The lowest BCUT2D eigenvalue weighted by Gasteiger charge is -2.48. The monoisotopic (exact) mass is 184 g/mol. The molecule has 0 aromatic rings. The first-order valence-corrected chi connectivity index (χ1v) is 4.77. The number of piperidine rings is 2. The zero-order valence-electron chi connectivity index (χ0n) is 7.70. The van der Waals surface area contributed by atoms with Crippen LogP contribution in [0.4, 0.5) is 4.39 Å².